The van der Waals surface area contributed by atoms with Crippen molar-refractivity contribution >= 4 is 64.3 Å². The van der Waals surface area contributed by atoms with Crippen molar-refractivity contribution in [2.24, 2.45) is 0 Å². The molecule has 2 aromatic rings. The van der Waals surface area contributed by atoms with Crippen molar-refractivity contribution < 1.29 is 4.79 Å². The van der Waals surface area contributed by atoms with Gasteiger partial charge in [-0.05, 0) is 53.9 Å². The second-order valence-corrected chi connectivity index (χ2v) is 5.78. The van der Waals surface area contributed by atoms with E-state index in [9.17, 15) is 4.79 Å². The molecule has 1 amide bonds. The van der Waals surface area contributed by atoms with Crippen LogP contribution in [-0.4, -0.2) is 47.0 Å². The number of aromatic nitrogens is 2. The van der Waals surface area contributed by atoms with E-state index in [4.69, 9.17) is 0 Å². The predicted octanol–water partition coefficient (Wildman–Crippen LogP) is 3.08. The van der Waals surface area contributed by atoms with Crippen LogP contribution < -0.4 is 5.32 Å². The average Bonchev–Trinajstić information content (AvgIpc) is 2.86. The molecule has 8 heteroatoms. The summed E-state index contributed by atoms with van der Waals surface area (Å²) < 4.78 is 1.12. The standard InChI is InChI=1S/C14H19IN4O.2ClH/c1-3-19(4-2)8-7-16-14(20)13-17-11-6-5-10(15)9-12(11)18-13;;/h5-6,9H,3-4,7-8H2,1-2H3,(H,16,20)(H,17,18);2*1H/i15-2;;. The molecule has 2 N–H and O–H groups in total. The number of nitrogens with zero attached hydrogens (tertiary/aromatic N) is 2. The van der Waals surface area contributed by atoms with E-state index in [-0.39, 0.29) is 30.7 Å². The Balaban J connectivity index is 0.00000220. The first-order valence-electron chi connectivity index (χ1n) is 6.79. The third-order valence-electron chi connectivity index (χ3n) is 3.27. The van der Waals surface area contributed by atoms with E-state index in [2.05, 4.69) is 56.6 Å². The molecule has 1 aromatic carbocycles. The van der Waals surface area contributed by atoms with Gasteiger partial charge in [-0.2, -0.15) is 0 Å². The molecule has 0 spiro atoms. The van der Waals surface area contributed by atoms with Crippen LogP contribution >= 0.6 is 47.4 Å². The molecule has 22 heavy (non-hydrogen) atoms. The number of hydrogen-bond acceptors (Lipinski definition) is 3. The normalized spacial score (nSPS) is 10.2. The van der Waals surface area contributed by atoms with Crippen LogP contribution in [0.15, 0.2) is 18.2 Å². The number of benzene rings is 1. The van der Waals surface area contributed by atoms with Crippen LogP contribution in [0.3, 0.4) is 0 Å². The molecule has 0 bridgehead atoms. The zero-order chi connectivity index (χ0) is 14.5. The number of likely N-dealkylation sites (N-methyl/N-ethyl adjacent to an activating group) is 1. The number of imidazole rings is 1. The first-order chi connectivity index (χ1) is 9.63. The molecular weight excluding hydrogens is 436 g/mol. The molecule has 0 fully saturated rings. The highest BCUT2D eigenvalue weighted by Crippen LogP contribution is 2.15. The number of H-pyrrole nitrogens is 1. The number of fused-ring (bicyclic) bond motifs is 1. The third-order valence-corrected chi connectivity index (χ3v) is 3.94. The van der Waals surface area contributed by atoms with Crippen molar-refractivity contribution in [1.82, 2.24) is 20.2 Å². The zero-order valence-electron chi connectivity index (χ0n) is 12.6. The molecule has 0 saturated carbocycles. The van der Waals surface area contributed by atoms with Gasteiger partial charge in [0.1, 0.15) is 0 Å². The summed E-state index contributed by atoms with van der Waals surface area (Å²) in [4.78, 5) is 21.7. The minimum absolute atomic E-state index is 0. The van der Waals surface area contributed by atoms with E-state index < -0.39 is 0 Å². The van der Waals surface area contributed by atoms with Gasteiger partial charge in [-0.25, -0.2) is 4.98 Å². The summed E-state index contributed by atoms with van der Waals surface area (Å²) in [6.07, 6.45) is 0. The van der Waals surface area contributed by atoms with Gasteiger partial charge >= 0.3 is 0 Å². The van der Waals surface area contributed by atoms with Crippen molar-refractivity contribution in [3.8, 4) is 0 Å². The number of halogens is 3. The Bertz CT molecular complexity index is 602. The van der Waals surface area contributed by atoms with Gasteiger partial charge in [0.05, 0.1) is 11.0 Å². The number of amides is 1. The Kier molecular flexibility index (Phi) is 9.99. The minimum Gasteiger partial charge on any atom is -0.348 e. The summed E-state index contributed by atoms with van der Waals surface area (Å²) in [6.45, 7) is 7.72. The largest absolute Gasteiger partial charge is 0.348 e. The number of hydrogen-bond donors (Lipinski definition) is 2. The fraction of sp³-hybridized carbons (Fsp3) is 0.429. The lowest BCUT2D eigenvalue weighted by Crippen LogP contribution is -2.35. The zero-order valence-corrected chi connectivity index (χ0v) is 16.3. The van der Waals surface area contributed by atoms with E-state index in [0.717, 1.165) is 34.2 Å². The van der Waals surface area contributed by atoms with Crippen LogP contribution in [0.25, 0.3) is 11.0 Å². The molecule has 0 aliphatic carbocycles. The number of carbonyl (C=O) groups excluding carboxylic acids is 1. The SMILES string of the molecule is CCN(CC)CCNC(=O)c1nc2ccc([125I])cc2[nH]1.Cl.Cl. The quantitative estimate of drug-likeness (QED) is 0.656. The Labute approximate surface area is 156 Å². The van der Waals surface area contributed by atoms with Crippen molar-refractivity contribution in [3.63, 3.8) is 0 Å². The molecule has 0 aliphatic heterocycles. The monoisotopic (exact) mass is 456 g/mol. The summed E-state index contributed by atoms with van der Waals surface area (Å²) >= 11 is 2.24. The number of rotatable bonds is 6. The molecule has 2 rings (SSSR count). The van der Waals surface area contributed by atoms with Gasteiger partial charge in [0.15, 0.2) is 5.82 Å². The van der Waals surface area contributed by atoms with Crippen LogP contribution in [-0.2, 0) is 0 Å². The van der Waals surface area contributed by atoms with E-state index >= 15 is 0 Å². The summed E-state index contributed by atoms with van der Waals surface area (Å²) in [6, 6.07) is 5.88. The average molecular weight is 457 g/mol. The van der Waals surface area contributed by atoms with E-state index in [1.807, 2.05) is 18.2 Å². The van der Waals surface area contributed by atoms with Crippen molar-refractivity contribution in [1.29, 1.82) is 0 Å². The van der Waals surface area contributed by atoms with Crippen LogP contribution in [0.1, 0.15) is 24.5 Å². The van der Waals surface area contributed by atoms with E-state index in [0.29, 0.717) is 12.4 Å². The molecule has 1 heterocycles. The minimum atomic E-state index is -0.150. The molecule has 0 aliphatic rings. The Hall–Kier alpha value is -0.570. The van der Waals surface area contributed by atoms with E-state index in [1.165, 1.54) is 0 Å². The van der Waals surface area contributed by atoms with Crippen LogP contribution in [0.2, 0.25) is 0 Å². The van der Waals surface area contributed by atoms with Crippen LogP contribution in [0.4, 0.5) is 0 Å². The van der Waals surface area contributed by atoms with Gasteiger partial charge in [-0.1, -0.05) is 13.8 Å². The lowest BCUT2D eigenvalue weighted by molar-refractivity contribution is 0.0940. The summed E-state index contributed by atoms with van der Waals surface area (Å²) in [5.41, 5.74) is 1.71. The summed E-state index contributed by atoms with van der Waals surface area (Å²) in [5, 5.41) is 2.90. The topological polar surface area (TPSA) is 61.0 Å². The maximum atomic E-state index is 12.0. The Morgan fingerprint density at radius 2 is 2.00 bits per heavy atom. The van der Waals surface area contributed by atoms with Gasteiger partial charge in [0.2, 0.25) is 0 Å². The highest BCUT2D eigenvalue weighted by atomic mass is 125. The molecule has 0 saturated heterocycles. The summed E-state index contributed by atoms with van der Waals surface area (Å²) in [5.74, 6) is 0.227. The lowest BCUT2D eigenvalue weighted by atomic mass is 10.3. The van der Waals surface area contributed by atoms with Crippen LogP contribution in [0.5, 0.6) is 0 Å². The summed E-state index contributed by atoms with van der Waals surface area (Å²) in [7, 11) is 0. The Morgan fingerprint density at radius 1 is 1.32 bits per heavy atom. The van der Waals surface area contributed by atoms with Gasteiger partial charge in [0.25, 0.3) is 5.91 Å². The van der Waals surface area contributed by atoms with Gasteiger partial charge in [-0.15, -0.1) is 24.8 Å². The van der Waals surface area contributed by atoms with E-state index in [1.54, 1.807) is 0 Å². The number of nitrogens with one attached hydrogen (secondary N) is 2. The first-order valence-corrected chi connectivity index (χ1v) is 7.87. The smallest absolute Gasteiger partial charge is 0.287 e. The maximum absolute atomic E-state index is 12.0. The number of carbonyl (C=O) groups is 1. The first kappa shape index (κ1) is 21.4. The van der Waals surface area contributed by atoms with Gasteiger partial charge < -0.3 is 15.2 Å². The lowest BCUT2D eigenvalue weighted by Gasteiger charge is -2.17. The molecule has 124 valence electrons. The highest BCUT2D eigenvalue weighted by Gasteiger charge is 2.11. The van der Waals surface area contributed by atoms with Crippen LogP contribution in [0, 0.1) is 3.57 Å². The van der Waals surface area contributed by atoms with Crippen molar-refractivity contribution in [3.05, 3.63) is 27.6 Å². The predicted molar refractivity (Wildman–Crippen MR) is 103 cm³/mol. The third kappa shape index (κ3) is 5.57. The molecule has 1 aromatic heterocycles. The fourth-order valence-corrected chi connectivity index (χ4v) is 2.53. The fourth-order valence-electron chi connectivity index (χ4n) is 2.04. The molecule has 5 nitrogen and oxygen atoms in total. The van der Waals surface area contributed by atoms with Gasteiger partial charge in [-0.3, -0.25) is 4.79 Å². The second kappa shape index (κ2) is 10.3. The second-order valence-electron chi connectivity index (χ2n) is 4.53. The molecule has 0 atom stereocenters. The highest BCUT2D eigenvalue weighted by molar-refractivity contribution is 14.1. The molecular formula is C14H21Cl2IN4O. The molecule has 0 radical (unpaired) electrons. The van der Waals surface area contributed by atoms with Crippen molar-refractivity contribution in [2.45, 2.75) is 13.8 Å². The Morgan fingerprint density at radius 3 is 2.64 bits per heavy atom. The number of aromatic amines is 1. The molecule has 0 unspecified atom stereocenters. The van der Waals surface area contributed by atoms with Crippen molar-refractivity contribution in [2.75, 3.05) is 26.2 Å². The maximum Gasteiger partial charge on any atom is 0.287 e. The van der Waals surface area contributed by atoms with Gasteiger partial charge in [0, 0.05) is 16.7 Å².